The summed E-state index contributed by atoms with van der Waals surface area (Å²) < 4.78 is 0. The van der Waals surface area contributed by atoms with Crippen molar-refractivity contribution >= 4 is 17.1 Å². The molecule has 0 amide bonds. The maximum atomic E-state index is 2.44. The first-order valence-electron chi connectivity index (χ1n) is 10.9. The van der Waals surface area contributed by atoms with Gasteiger partial charge >= 0.3 is 0 Å². The Morgan fingerprint density at radius 3 is 2.25 bits per heavy atom. The molecule has 0 fully saturated rings. The highest BCUT2D eigenvalue weighted by molar-refractivity contribution is 5.84. The quantitative estimate of drug-likeness (QED) is 0.285. The zero-order valence-electron chi connectivity index (χ0n) is 17.0. The molecule has 1 heterocycles. The summed E-state index contributed by atoms with van der Waals surface area (Å²) in [5.74, 6) is 0. The Kier molecular flexibility index (Phi) is 6.11. The SMILES string of the molecule is CCCCCCCCc1cccc2c1Cc1ccccc1N2c1ccccc1. The molecular weight excluding hydrogens is 338 g/mol. The molecular formula is C27H31N. The molecule has 1 aliphatic heterocycles. The monoisotopic (exact) mass is 369 g/mol. The van der Waals surface area contributed by atoms with Crippen molar-refractivity contribution in [2.45, 2.75) is 58.3 Å². The zero-order valence-corrected chi connectivity index (χ0v) is 17.0. The van der Waals surface area contributed by atoms with Crippen LogP contribution in [-0.2, 0) is 12.8 Å². The lowest BCUT2D eigenvalue weighted by atomic mass is 9.89. The number of benzene rings is 3. The number of hydrogen-bond acceptors (Lipinski definition) is 1. The van der Waals surface area contributed by atoms with Gasteiger partial charge in [-0.3, -0.25) is 0 Å². The summed E-state index contributed by atoms with van der Waals surface area (Å²) in [4.78, 5) is 2.44. The van der Waals surface area contributed by atoms with Crippen molar-refractivity contribution < 1.29 is 0 Å². The van der Waals surface area contributed by atoms with Gasteiger partial charge in [0.1, 0.15) is 0 Å². The van der Waals surface area contributed by atoms with Crippen LogP contribution in [0.2, 0.25) is 0 Å². The first-order chi connectivity index (χ1) is 13.9. The molecule has 0 saturated heterocycles. The van der Waals surface area contributed by atoms with E-state index >= 15 is 0 Å². The maximum Gasteiger partial charge on any atom is 0.0499 e. The van der Waals surface area contributed by atoms with Gasteiger partial charge in [0, 0.05) is 23.5 Å². The Morgan fingerprint density at radius 2 is 1.39 bits per heavy atom. The minimum absolute atomic E-state index is 1.04. The molecule has 3 aromatic carbocycles. The van der Waals surface area contributed by atoms with Gasteiger partial charge in [0.05, 0.1) is 0 Å². The number of hydrogen-bond donors (Lipinski definition) is 0. The molecule has 0 saturated carbocycles. The Labute approximate surface area is 170 Å². The zero-order chi connectivity index (χ0) is 19.2. The van der Waals surface area contributed by atoms with Gasteiger partial charge in [0.2, 0.25) is 0 Å². The lowest BCUT2D eigenvalue weighted by Crippen LogP contribution is -2.19. The number of fused-ring (bicyclic) bond motifs is 2. The van der Waals surface area contributed by atoms with Crippen molar-refractivity contribution in [3.63, 3.8) is 0 Å². The summed E-state index contributed by atoms with van der Waals surface area (Å²) in [5, 5.41) is 0. The van der Waals surface area contributed by atoms with Gasteiger partial charge in [0.25, 0.3) is 0 Å². The number of para-hydroxylation sites is 2. The van der Waals surface area contributed by atoms with Crippen LogP contribution >= 0.6 is 0 Å². The fourth-order valence-corrected chi connectivity index (χ4v) is 4.42. The summed E-state index contributed by atoms with van der Waals surface area (Å²) in [6.45, 7) is 2.28. The normalized spacial score (nSPS) is 12.5. The van der Waals surface area contributed by atoms with Crippen LogP contribution in [0.25, 0.3) is 0 Å². The molecule has 1 aliphatic rings. The van der Waals surface area contributed by atoms with Crippen LogP contribution in [0.4, 0.5) is 17.1 Å². The van der Waals surface area contributed by atoms with Crippen LogP contribution in [0.3, 0.4) is 0 Å². The highest BCUT2D eigenvalue weighted by Crippen LogP contribution is 2.44. The molecule has 1 heteroatoms. The second-order valence-electron chi connectivity index (χ2n) is 7.91. The van der Waals surface area contributed by atoms with E-state index in [4.69, 9.17) is 0 Å². The van der Waals surface area contributed by atoms with Gasteiger partial charge in [-0.1, -0.05) is 87.6 Å². The molecule has 0 unspecified atom stereocenters. The third-order valence-electron chi connectivity index (χ3n) is 5.90. The van der Waals surface area contributed by atoms with Crippen LogP contribution in [0, 0.1) is 0 Å². The average Bonchev–Trinajstić information content (AvgIpc) is 2.75. The summed E-state index contributed by atoms with van der Waals surface area (Å²) in [5.41, 5.74) is 8.38. The molecule has 1 nitrogen and oxygen atoms in total. The van der Waals surface area contributed by atoms with Crippen molar-refractivity contribution in [1.82, 2.24) is 0 Å². The minimum Gasteiger partial charge on any atom is -0.310 e. The molecule has 0 spiro atoms. The highest BCUT2D eigenvalue weighted by Gasteiger charge is 2.25. The molecule has 28 heavy (non-hydrogen) atoms. The maximum absolute atomic E-state index is 2.44. The first-order valence-corrected chi connectivity index (χ1v) is 10.9. The van der Waals surface area contributed by atoms with E-state index in [9.17, 15) is 0 Å². The van der Waals surface area contributed by atoms with Gasteiger partial charge in [0.15, 0.2) is 0 Å². The first kappa shape index (κ1) is 18.8. The van der Waals surface area contributed by atoms with E-state index in [1.165, 1.54) is 78.7 Å². The van der Waals surface area contributed by atoms with Crippen LogP contribution in [0.5, 0.6) is 0 Å². The number of rotatable bonds is 8. The second-order valence-corrected chi connectivity index (χ2v) is 7.91. The Balaban J connectivity index is 1.62. The second kappa shape index (κ2) is 9.10. The van der Waals surface area contributed by atoms with Crippen molar-refractivity contribution in [2.24, 2.45) is 0 Å². The van der Waals surface area contributed by atoms with Gasteiger partial charge in [-0.05, 0) is 53.8 Å². The van der Waals surface area contributed by atoms with Gasteiger partial charge in [-0.2, -0.15) is 0 Å². The molecule has 0 N–H and O–H groups in total. The van der Waals surface area contributed by atoms with Crippen molar-refractivity contribution in [2.75, 3.05) is 4.90 Å². The molecule has 0 atom stereocenters. The lowest BCUT2D eigenvalue weighted by molar-refractivity contribution is 0.606. The van der Waals surface area contributed by atoms with E-state index in [2.05, 4.69) is 84.6 Å². The highest BCUT2D eigenvalue weighted by atomic mass is 15.2. The molecule has 4 rings (SSSR count). The predicted molar refractivity (Wildman–Crippen MR) is 121 cm³/mol. The fraction of sp³-hybridized carbons (Fsp3) is 0.333. The van der Waals surface area contributed by atoms with Crippen molar-refractivity contribution in [3.8, 4) is 0 Å². The van der Waals surface area contributed by atoms with E-state index in [1.807, 2.05) is 0 Å². The fourth-order valence-electron chi connectivity index (χ4n) is 4.42. The molecule has 0 bridgehead atoms. The standard InChI is InChI=1S/C27H31N/c1-2-3-4-5-6-8-14-22-16-13-20-27-25(22)21-23-15-11-12-19-26(23)28(27)24-17-9-7-10-18-24/h7,9-13,15-20H,2-6,8,14,21H2,1H3. The number of unbranched alkanes of at least 4 members (excludes halogenated alkanes) is 5. The third kappa shape index (κ3) is 3.99. The Bertz CT molecular complexity index is 897. The van der Waals surface area contributed by atoms with Crippen LogP contribution in [0.15, 0.2) is 72.8 Å². The van der Waals surface area contributed by atoms with Crippen molar-refractivity contribution in [3.05, 3.63) is 89.5 Å². The lowest BCUT2D eigenvalue weighted by Gasteiger charge is -2.34. The number of anilines is 3. The minimum atomic E-state index is 1.04. The van der Waals surface area contributed by atoms with Gasteiger partial charge in [-0.25, -0.2) is 0 Å². The van der Waals surface area contributed by atoms with E-state index in [1.54, 1.807) is 0 Å². The van der Waals surface area contributed by atoms with Crippen molar-refractivity contribution in [1.29, 1.82) is 0 Å². The Hall–Kier alpha value is -2.54. The topological polar surface area (TPSA) is 3.24 Å². The van der Waals surface area contributed by atoms with E-state index in [0.29, 0.717) is 0 Å². The molecule has 144 valence electrons. The van der Waals surface area contributed by atoms with Crippen LogP contribution < -0.4 is 4.90 Å². The van der Waals surface area contributed by atoms with Crippen LogP contribution in [-0.4, -0.2) is 0 Å². The third-order valence-corrected chi connectivity index (χ3v) is 5.90. The predicted octanol–water partition coefficient (Wildman–Crippen LogP) is 7.96. The molecule has 0 radical (unpaired) electrons. The number of aryl methyl sites for hydroxylation is 1. The van der Waals surface area contributed by atoms with E-state index < -0.39 is 0 Å². The molecule has 3 aromatic rings. The average molecular weight is 370 g/mol. The summed E-state index contributed by atoms with van der Waals surface area (Å²) in [6, 6.07) is 26.5. The van der Waals surface area contributed by atoms with E-state index in [0.717, 1.165) is 6.42 Å². The van der Waals surface area contributed by atoms with E-state index in [-0.39, 0.29) is 0 Å². The Morgan fingerprint density at radius 1 is 0.679 bits per heavy atom. The molecule has 0 aliphatic carbocycles. The number of nitrogens with zero attached hydrogens (tertiary/aromatic N) is 1. The summed E-state index contributed by atoms with van der Waals surface area (Å²) in [6.07, 6.45) is 10.3. The smallest absolute Gasteiger partial charge is 0.0499 e. The van der Waals surface area contributed by atoms with Gasteiger partial charge < -0.3 is 4.90 Å². The van der Waals surface area contributed by atoms with Gasteiger partial charge in [-0.15, -0.1) is 0 Å². The summed E-state index contributed by atoms with van der Waals surface area (Å²) >= 11 is 0. The summed E-state index contributed by atoms with van der Waals surface area (Å²) in [7, 11) is 0. The largest absolute Gasteiger partial charge is 0.310 e. The van der Waals surface area contributed by atoms with Crippen LogP contribution in [0.1, 0.15) is 62.1 Å². The molecule has 0 aromatic heterocycles.